The Bertz CT molecular complexity index is 1010. The van der Waals surface area contributed by atoms with Crippen molar-refractivity contribution < 1.29 is 33.6 Å². The largest absolute Gasteiger partial charge is 0.463 e. The highest BCUT2D eigenvalue weighted by molar-refractivity contribution is 6.04. The molecule has 10 heteroatoms. The van der Waals surface area contributed by atoms with Crippen LogP contribution in [0.15, 0.2) is 0 Å². The van der Waals surface area contributed by atoms with Crippen LogP contribution in [0.4, 0.5) is 0 Å². The van der Waals surface area contributed by atoms with Crippen molar-refractivity contribution >= 4 is 11.8 Å². The molecular formula is C35H63N3O7. The number of rotatable bonds is 6. The molecule has 12 atom stereocenters. The lowest BCUT2D eigenvalue weighted by atomic mass is 9.74. The molecule has 0 aromatic heterocycles. The van der Waals surface area contributed by atoms with E-state index in [4.69, 9.17) is 18.9 Å². The molecule has 0 saturated carbocycles. The third-order valence-corrected chi connectivity index (χ3v) is 11.8. The topological polar surface area (TPSA) is 101 Å². The average Bonchev–Trinajstić information content (AvgIpc) is 3.23. The van der Waals surface area contributed by atoms with Gasteiger partial charge >= 0.3 is 5.97 Å². The van der Waals surface area contributed by atoms with E-state index in [1.54, 1.807) is 27.9 Å². The number of aliphatic hydroxyl groups excluding tert-OH is 1. The summed E-state index contributed by atoms with van der Waals surface area (Å²) in [6.45, 7) is 15.7. The summed E-state index contributed by atoms with van der Waals surface area (Å²) >= 11 is 0. The maximum atomic E-state index is 14.3. The summed E-state index contributed by atoms with van der Waals surface area (Å²) in [5.74, 6) is -0.918. The van der Waals surface area contributed by atoms with Crippen LogP contribution in [0, 0.1) is 23.2 Å². The Morgan fingerprint density at radius 3 is 2.22 bits per heavy atom. The third-order valence-electron chi connectivity index (χ3n) is 11.8. The van der Waals surface area contributed by atoms with Crippen molar-refractivity contribution in [3.63, 3.8) is 0 Å². The molecular weight excluding hydrogens is 574 g/mol. The van der Waals surface area contributed by atoms with Crippen LogP contribution in [0.1, 0.15) is 87.0 Å². The van der Waals surface area contributed by atoms with Gasteiger partial charge in [0.2, 0.25) is 0 Å². The van der Waals surface area contributed by atoms with Crippen molar-refractivity contribution in [2.24, 2.45) is 23.2 Å². The van der Waals surface area contributed by atoms with E-state index in [-0.39, 0.29) is 36.5 Å². The highest BCUT2D eigenvalue weighted by atomic mass is 16.7. The molecule has 0 aromatic carbocycles. The van der Waals surface area contributed by atoms with E-state index in [0.717, 1.165) is 25.9 Å². The Morgan fingerprint density at radius 2 is 1.67 bits per heavy atom. The van der Waals surface area contributed by atoms with Gasteiger partial charge in [-0.2, -0.15) is 0 Å². The van der Waals surface area contributed by atoms with Crippen LogP contribution in [-0.4, -0.2) is 134 Å². The fraction of sp³-hybridized carbons (Fsp3) is 0.943. The maximum absolute atomic E-state index is 14.3. The molecule has 1 unspecified atom stereocenters. The highest BCUT2D eigenvalue weighted by Crippen LogP contribution is 2.42. The van der Waals surface area contributed by atoms with E-state index in [9.17, 15) is 14.7 Å². The normalized spacial score (nSPS) is 44.2. The summed E-state index contributed by atoms with van der Waals surface area (Å²) < 4.78 is 25.2. The molecule has 4 saturated heterocycles. The summed E-state index contributed by atoms with van der Waals surface area (Å²) in [6.07, 6.45) is 3.17. The van der Waals surface area contributed by atoms with Crippen LogP contribution in [0.5, 0.6) is 0 Å². The number of hydrogen-bond donors (Lipinski definition) is 1. The van der Waals surface area contributed by atoms with Gasteiger partial charge in [0.05, 0.1) is 17.8 Å². The van der Waals surface area contributed by atoms with Crippen molar-refractivity contribution in [1.82, 2.24) is 14.7 Å². The first-order chi connectivity index (χ1) is 21.0. The fourth-order valence-corrected chi connectivity index (χ4v) is 9.21. The minimum Gasteiger partial charge on any atom is -0.463 e. The smallest absolute Gasteiger partial charge is 0.319 e. The van der Waals surface area contributed by atoms with Gasteiger partial charge in [-0.1, -0.05) is 20.8 Å². The minimum absolute atomic E-state index is 0.0682. The van der Waals surface area contributed by atoms with Gasteiger partial charge in [0, 0.05) is 43.7 Å². The SMILES string of the molecule is CCN1[C@@H]2CC[C@H]1CC([C@@H]1COC(=O)C(C)(C)C(=O)[C@H](C)[C@@H](O[C@@H]3O[C@H](C)C[C@H](N(C)C)[C@H]3O)[C@](C)(OC)C[C@@H](C)CN1C)C2. The zero-order valence-electron chi connectivity index (χ0n) is 30.0. The first-order valence-electron chi connectivity index (χ1n) is 17.4. The summed E-state index contributed by atoms with van der Waals surface area (Å²) in [7, 11) is 7.68. The first-order valence-corrected chi connectivity index (χ1v) is 17.4. The van der Waals surface area contributed by atoms with Crippen LogP contribution in [-0.2, 0) is 28.5 Å². The van der Waals surface area contributed by atoms with Crippen molar-refractivity contribution in [2.45, 2.75) is 141 Å². The second-order valence-corrected chi connectivity index (χ2v) is 15.8. The lowest BCUT2D eigenvalue weighted by Crippen LogP contribution is -2.59. The highest BCUT2D eigenvalue weighted by Gasteiger charge is 2.52. The number of methoxy groups -OCH3 is 1. The van der Waals surface area contributed by atoms with E-state index >= 15 is 0 Å². The second-order valence-electron chi connectivity index (χ2n) is 15.8. The Balaban J connectivity index is 1.65. The van der Waals surface area contributed by atoms with E-state index in [1.807, 2.05) is 32.8 Å². The van der Waals surface area contributed by atoms with E-state index in [2.05, 4.69) is 30.7 Å². The quantitative estimate of drug-likeness (QED) is 0.344. The molecule has 0 aromatic rings. The number of nitrogens with zero attached hydrogens (tertiary/aromatic N) is 3. The maximum Gasteiger partial charge on any atom is 0.319 e. The standard InChI is InChI=1S/C35H63N3O7/c1-12-38-25-13-14-26(38)17-24(16-25)28-20-43-33(41)34(5,6)30(40)23(4)31(35(7,42-11)18-21(2)19-37(28)10)45-32-29(39)27(36(8)9)15-22(3)44-32/h21-29,31-32,39H,12-20H2,1-11H3/t21-,22-,23+,24?,25-,26+,27+,28+,29-,31-,32+,35-/m1/s1. The molecule has 0 aliphatic carbocycles. The number of aliphatic hydroxyl groups is 1. The Kier molecular flexibility index (Phi) is 11.9. The van der Waals surface area contributed by atoms with Crippen molar-refractivity contribution in [3.05, 3.63) is 0 Å². The number of Topliss-reactive ketones (excluding diaryl/α,β-unsaturated/α-hetero) is 1. The molecule has 2 bridgehead atoms. The van der Waals surface area contributed by atoms with Gasteiger partial charge < -0.3 is 29.0 Å². The molecule has 4 aliphatic rings. The number of esters is 1. The molecule has 0 amide bonds. The molecule has 4 rings (SSSR count). The molecule has 4 heterocycles. The van der Waals surface area contributed by atoms with Crippen LogP contribution in [0.2, 0.25) is 0 Å². The zero-order valence-corrected chi connectivity index (χ0v) is 30.0. The summed E-state index contributed by atoms with van der Waals surface area (Å²) in [5.41, 5.74) is -2.30. The number of carbonyl (C=O) groups excluding carboxylic acids is 2. The molecule has 260 valence electrons. The number of ether oxygens (including phenoxy) is 4. The molecule has 4 fully saturated rings. The molecule has 45 heavy (non-hydrogen) atoms. The lowest BCUT2D eigenvalue weighted by Gasteiger charge is -2.47. The van der Waals surface area contributed by atoms with Crippen LogP contribution < -0.4 is 0 Å². The Hall–Kier alpha value is -1.14. The second kappa shape index (κ2) is 14.5. The summed E-state index contributed by atoms with van der Waals surface area (Å²) in [5, 5.41) is 11.3. The van der Waals surface area contributed by atoms with Gasteiger partial charge in [0.25, 0.3) is 0 Å². The predicted octanol–water partition coefficient (Wildman–Crippen LogP) is 3.58. The van der Waals surface area contributed by atoms with Gasteiger partial charge in [0.1, 0.15) is 18.1 Å². The molecule has 0 radical (unpaired) electrons. The third kappa shape index (κ3) is 7.63. The molecule has 10 nitrogen and oxygen atoms in total. The zero-order chi connectivity index (χ0) is 33.4. The first kappa shape index (κ1) is 36.7. The van der Waals surface area contributed by atoms with Gasteiger partial charge in [-0.3, -0.25) is 19.4 Å². The Morgan fingerprint density at radius 1 is 1.04 bits per heavy atom. The van der Waals surface area contributed by atoms with E-state index in [1.165, 1.54) is 12.8 Å². The predicted molar refractivity (Wildman–Crippen MR) is 174 cm³/mol. The van der Waals surface area contributed by atoms with Crippen LogP contribution in [0.3, 0.4) is 0 Å². The minimum atomic E-state index is -1.39. The number of ketones is 1. The lowest BCUT2D eigenvalue weighted by molar-refractivity contribution is -0.295. The number of piperidine rings is 1. The summed E-state index contributed by atoms with van der Waals surface area (Å²) in [6, 6.07) is 1.08. The number of likely N-dealkylation sites (N-methyl/N-ethyl adjacent to an activating group) is 2. The van der Waals surface area contributed by atoms with Crippen molar-refractivity contribution in [2.75, 3.05) is 47.9 Å². The molecule has 0 spiro atoms. The van der Waals surface area contributed by atoms with E-state index < -0.39 is 41.4 Å². The van der Waals surface area contributed by atoms with Crippen molar-refractivity contribution in [1.29, 1.82) is 0 Å². The van der Waals surface area contributed by atoms with Gasteiger partial charge in [-0.25, -0.2) is 0 Å². The van der Waals surface area contributed by atoms with E-state index in [0.29, 0.717) is 30.8 Å². The van der Waals surface area contributed by atoms with Gasteiger partial charge in [-0.05, 0) is 106 Å². The number of fused-ring (bicyclic) bond motifs is 2. The van der Waals surface area contributed by atoms with Gasteiger partial charge in [0.15, 0.2) is 12.1 Å². The number of carbonyl (C=O) groups is 2. The van der Waals surface area contributed by atoms with Crippen molar-refractivity contribution in [3.8, 4) is 0 Å². The molecule has 4 aliphatic heterocycles. The fourth-order valence-electron chi connectivity index (χ4n) is 9.21. The van der Waals surface area contributed by atoms with Crippen LogP contribution in [0.25, 0.3) is 0 Å². The van der Waals surface area contributed by atoms with Gasteiger partial charge in [-0.15, -0.1) is 0 Å². The monoisotopic (exact) mass is 637 g/mol. The average molecular weight is 638 g/mol. The number of cyclic esters (lactones) is 1. The molecule has 1 N–H and O–H groups in total. The summed E-state index contributed by atoms with van der Waals surface area (Å²) in [4.78, 5) is 35.1. The number of hydrogen-bond acceptors (Lipinski definition) is 10. The Labute approximate surface area is 272 Å². The van der Waals surface area contributed by atoms with Crippen LogP contribution >= 0.6 is 0 Å².